The van der Waals surface area contributed by atoms with Crippen molar-refractivity contribution in [2.45, 2.75) is 58.5 Å². The number of hydrogen-bond donors (Lipinski definition) is 1. The Hall–Kier alpha value is -0.280. The third-order valence-corrected chi connectivity index (χ3v) is 4.63. The lowest BCUT2D eigenvalue weighted by atomic mass is 9.87. The fourth-order valence-electron chi connectivity index (χ4n) is 3.24. The molecule has 2 fully saturated rings. The Bertz CT molecular complexity index is 285. The molecule has 2 unspecified atom stereocenters. The summed E-state index contributed by atoms with van der Waals surface area (Å²) < 4.78 is 0. The van der Waals surface area contributed by atoms with Gasteiger partial charge in [-0.05, 0) is 52.0 Å². The van der Waals surface area contributed by atoms with E-state index in [1.165, 1.54) is 12.8 Å². The number of carbonyl (C=O) groups is 1. The summed E-state index contributed by atoms with van der Waals surface area (Å²) in [5, 5.41) is 3.42. The van der Waals surface area contributed by atoms with Crippen LogP contribution in [0.25, 0.3) is 0 Å². The van der Waals surface area contributed by atoms with Gasteiger partial charge in [0.2, 0.25) is 5.91 Å². The van der Waals surface area contributed by atoms with E-state index < -0.39 is 0 Å². The molecule has 0 aromatic carbocycles. The summed E-state index contributed by atoms with van der Waals surface area (Å²) in [6, 6.07) is 0.927. The number of nitrogens with zero attached hydrogens (tertiary/aromatic N) is 1. The monoisotopic (exact) mass is 274 g/mol. The minimum Gasteiger partial charge on any atom is -0.339 e. The molecule has 2 heterocycles. The average molecular weight is 275 g/mol. The number of hydrogen-bond acceptors (Lipinski definition) is 2. The van der Waals surface area contributed by atoms with Crippen molar-refractivity contribution in [3.63, 3.8) is 0 Å². The largest absolute Gasteiger partial charge is 0.339 e. The summed E-state index contributed by atoms with van der Waals surface area (Å²) in [5.41, 5.74) is 0. The van der Waals surface area contributed by atoms with Gasteiger partial charge in [0.15, 0.2) is 0 Å². The van der Waals surface area contributed by atoms with Crippen LogP contribution >= 0.6 is 12.4 Å². The molecule has 0 aliphatic carbocycles. The van der Waals surface area contributed by atoms with Gasteiger partial charge in [0, 0.05) is 24.5 Å². The number of rotatable bonds is 1. The number of carbonyl (C=O) groups excluding carboxylic acids is 1. The minimum atomic E-state index is 0. The van der Waals surface area contributed by atoms with Gasteiger partial charge in [0.25, 0.3) is 0 Å². The fraction of sp³-hybridized carbons (Fsp3) is 0.929. The number of amides is 1. The number of nitrogens with one attached hydrogen (secondary N) is 1. The lowest BCUT2D eigenvalue weighted by Gasteiger charge is -2.41. The maximum atomic E-state index is 12.6. The Morgan fingerprint density at radius 2 is 1.94 bits per heavy atom. The normalized spacial score (nSPS) is 36.9. The van der Waals surface area contributed by atoms with E-state index in [4.69, 9.17) is 0 Å². The third-order valence-electron chi connectivity index (χ3n) is 4.63. The van der Waals surface area contributed by atoms with Crippen LogP contribution in [0, 0.1) is 11.8 Å². The topological polar surface area (TPSA) is 32.3 Å². The molecule has 0 saturated carbocycles. The number of halogens is 1. The zero-order valence-electron chi connectivity index (χ0n) is 11.8. The highest BCUT2D eigenvalue weighted by Crippen LogP contribution is 2.27. The van der Waals surface area contributed by atoms with Gasteiger partial charge in [-0.1, -0.05) is 6.92 Å². The molecule has 0 bridgehead atoms. The first kappa shape index (κ1) is 15.8. The van der Waals surface area contributed by atoms with Crippen molar-refractivity contribution in [3.05, 3.63) is 0 Å². The zero-order chi connectivity index (χ0) is 12.4. The van der Waals surface area contributed by atoms with E-state index in [0.29, 0.717) is 23.9 Å². The summed E-state index contributed by atoms with van der Waals surface area (Å²) in [6.45, 7) is 8.64. The van der Waals surface area contributed by atoms with E-state index >= 15 is 0 Å². The van der Waals surface area contributed by atoms with Crippen molar-refractivity contribution in [1.82, 2.24) is 10.2 Å². The predicted molar refractivity (Wildman–Crippen MR) is 77.0 cm³/mol. The highest BCUT2D eigenvalue weighted by Gasteiger charge is 2.34. The van der Waals surface area contributed by atoms with Crippen LogP contribution in [-0.2, 0) is 4.79 Å². The molecule has 3 nitrogen and oxygen atoms in total. The summed E-state index contributed by atoms with van der Waals surface area (Å²) in [7, 11) is 0. The standard InChI is InChI=1S/C14H26N2O.ClH/c1-10-5-4-8-16(12(10)3)14(17)13-6-7-15-11(2)9-13;/h10-13,15H,4-9H2,1-3H3;1H/t10?,11-,12?,13-;/m0./s1. The summed E-state index contributed by atoms with van der Waals surface area (Å²) in [6.07, 6.45) is 4.47. The first-order chi connectivity index (χ1) is 8.09. The van der Waals surface area contributed by atoms with Crippen LogP contribution in [0.2, 0.25) is 0 Å². The molecule has 2 aliphatic rings. The molecule has 0 aromatic rings. The van der Waals surface area contributed by atoms with Crippen LogP contribution in [0.3, 0.4) is 0 Å². The molecular weight excluding hydrogens is 248 g/mol. The predicted octanol–water partition coefficient (Wildman–Crippen LogP) is 2.44. The van der Waals surface area contributed by atoms with Crippen molar-refractivity contribution in [2.75, 3.05) is 13.1 Å². The van der Waals surface area contributed by atoms with Gasteiger partial charge < -0.3 is 10.2 Å². The van der Waals surface area contributed by atoms with Gasteiger partial charge in [-0.2, -0.15) is 0 Å². The second-order valence-corrected chi connectivity index (χ2v) is 5.97. The molecule has 1 amide bonds. The Kier molecular flexibility index (Phi) is 5.93. The third kappa shape index (κ3) is 3.39. The maximum Gasteiger partial charge on any atom is 0.226 e. The first-order valence-corrected chi connectivity index (χ1v) is 7.13. The van der Waals surface area contributed by atoms with E-state index in [1.54, 1.807) is 0 Å². The summed E-state index contributed by atoms with van der Waals surface area (Å²) >= 11 is 0. The molecule has 2 aliphatic heterocycles. The second kappa shape index (κ2) is 6.76. The SMILES string of the molecule is CC1CCCN(C(=O)[C@H]2CCN[C@@H](C)C2)C1C.Cl. The second-order valence-electron chi connectivity index (χ2n) is 5.97. The minimum absolute atomic E-state index is 0. The van der Waals surface area contributed by atoms with Gasteiger partial charge in [-0.3, -0.25) is 4.79 Å². The lowest BCUT2D eigenvalue weighted by Crippen LogP contribution is -2.51. The lowest BCUT2D eigenvalue weighted by molar-refractivity contribution is -0.141. The van der Waals surface area contributed by atoms with Crippen molar-refractivity contribution < 1.29 is 4.79 Å². The van der Waals surface area contributed by atoms with Crippen LogP contribution in [-0.4, -0.2) is 36.0 Å². The van der Waals surface area contributed by atoms with Crippen LogP contribution in [0.15, 0.2) is 0 Å². The summed E-state index contributed by atoms with van der Waals surface area (Å²) in [4.78, 5) is 14.7. The molecule has 4 atom stereocenters. The Morgan fingerprint density at radius 3 is 2.61 bits per heavy atom. The van der Waals surface area contributed by atoms with Gasteiger partial charge in [0.05, 0.1) is 0 Å². The molecule has 106 valence electrons. The van der Waals surface area contributed by atoms with Crippen molar-refractivity contribution in [3.8, 4) is 0 Å². The number of piperidine rings is 2. The Morgan fingerprint density at radius 1 is 1.22 bits per heavy atom. The highest BCUT2D eigenvalue weighted by atomic mass is 35.5. The fourth-order valence-corrected chi connectivity index (χ4v) is 3.24. The van der Waals surface area contributed by atoms with Crippen LogP contribution in [0.5, 0.6) is 0 Å². The number of likely N-dealkylation sites (tertiary alicyclic amines) is 1. The van der Waals surface area contributed by atoms with E-state index in [9.17, 15) is 4.79 Å². The van der Waals surface area contributed by atoms with Crippen LogP contribution in [0.4, 0.5) is 0 Å². The van der Waals surface area contributed by atoms with Crippen LogP contribution in [0.1, 0.15) is 46.5 Å². The summed E-state index contributed by atoms with van der Waals surface area (Å²) in [5.74, 6) is 1.34. The molecule has 1 N–H and O–H groups in total. The van der Waals surface area contributed by atoms with Crippen molar-refractivity contribution in [1.29, 1.82) is 0 Å². The van der Waals surface area contributed by atoms with Gasteiger partial charge in [-0.15, -0.1) is 12.4 Å². The van der Waals surface area contributed by atoms with Crippen molar-refractivity contribution in [2.24, 2.45) is 11.8 Å². The van der Waals surface area contributed by atoms with Gasteiger partial charge >= 0.3 is 0 Å². The van der Waals surface area contributed by atoms with Gasteiger partial charge in [-0.25, -0.2) is 0 Å². The highest BCUT2D eigenvalue weighted by molar-refractivity contribution is 5.85. The van der Waals surface area contributed by atoms with E-state index in [-0.39, 0.29) is 18.3 Å². The maximum absolute atomic E-state index is 12.6. The molecule has 0 aromatic heterocycles. The Balaban J connectivity index is 0.00000162. The van der Waals surface area contributed by atoms with E-state index in [0.717, 1.165) is 25.9 Å². The van der Waals surface area contributed by atoms with E-state index in [1.807, 2.05) is 0 Å². The quantitative estimate of drug-likeness (QED) is 0.797. The molecule has 18 heavy (non-hydrogen) atoms. The molecule has 2 saturated heterocycles. The van der Waals surface area contributed by atoms with Crippen LogP contribution < -0.4 is 5.32 Å². The average Bonchev–Trinajstić information content (AvgIpc) is 2.32. The van der Waals surface area contributed by atoms with E-state index in [2.05, 4.69) is 31.0 Å². The Labute approximate surface area is 117 Å². The van der Waals surface area contributed by atoms with Crippen molar-refractivity contribution >= 4 is 18.3 Å². The molecule has 4 heteroatoms. The molecular formula is C14H27ClN2O. The molecule has 2 rings (SSSR count). The zero-order valence-corrected chi connectivity index (χ0v) is 12.6. The molecule has 0 spiro atoms. The first-order valence-electron chi connectivity index (χ1n) is 7.13. The smallest absolute Gasteiger partial charge is 0.226 e. The van der Waals surface area contributed by atoms with Gasteiger partial charge in [0.1, 0.15) is 0 Å². The molecule has 0 radical (unpaired) electrons.